The van der Waals surface area contributed by atoms with Gasteiger partial charge in [-0.05, 0) is 47.9 Å². The van der Waals surface area contributed by atoms with Crippen molar-refractivity contribution in [1.29, 1.82) is 0 Å². The van der Waals surface area contributed by atoms with E-state index in [9.17, 15) is 18.6 Å². The lowest BCUT2D eigenvalue weighted by Crippen LogP contribution is -2.18. The van der Waals surface area contributed by atoms with Crippen molar-refractivity contribution in [3.8, 4) is 11.5 Å². The van der Waals surface area contributed by atoms with Crippen LogP contribution in [0.2, 0.25) is 0 Å². The van der Waals surface area contributed by atoms with Gasteiger partial charge in [-0.15, -0.1) is 0 Å². The van der Waals surface area contributed by atoms with Gasteiger partial charge in [0.05, 0.1) is 11.1 Å². The van der Waals surface area contributed by atoms with Gasteiger partial charge in [0.15, 0.2) is 11.5 Å². The van der Waals surface area contributed by atoms with E-state index in [1.807, 2.05) is 6.92 Å². The Bertz CT molecular complexity index is 784. The molecule has 0 atom stereocenters. The molecule has 0 fully saturated rings. The van der Waals surface area contributed by atoms with E-state index >= 15 is 0 Å². The van der Waals surface area contributed by atoms with Gasteiger partial charge < -0.3 is 10.2 Å². The summed E-state index contributed by atoms with van der Waals surface area (Å²) in [5.74, 6) is -0.560. The Hall–Kier alpha value is -2.54. The SMILES string of the molecule is CCc1ccc(S(=O)(=O)N/N=C\c2ccc(O)c(O)c2)cc1. The van der Waals surface area contributed by atoms with Gasteiger partial charge in [-0.25, -0.2) is 4.83 Å². The van der Waals surface area contributed by atoms with Crippen LogP contribution in [0, 0.1) is 0 Å². The van der Waals surface area contributed by atoms with Crippen LogP contribution >= 0.6 is 0 Å². The van der Waals surface area contributed by atoms with Gasteiger partial charge >= 0.3 is 0 Å². The molecule has 2 aromatic rings. The third kappa shape index (κ3) is 3.76. The van der Waals surface area contributed by atoms with Crippen molar-refractivity contribution in [2.24, 2.45) is 5.10 Å². The van der Waals surface area contributed by atoms with Gasteiger partial charge in [0.1, 0.15) is 0 Å². The van der Waals surface area contributed by atoms with Gasteiger partial charge in [-0.2, -0.15) is 13.5 Å². The molecule has 0 saturated heterocycles. The van der Waals surface area contributed by atoms with Gasteiger partial charge in [-0.3, -0.25) is 0 Å². The fraction of sp³-hybridized carbons (Fsp3) is 0.133. The van der Waals surface area contributed by atoms with Crippen molar-refractivity contribution in [2.75, 3.05) is 0 Å². The fourth-order valence-electron chi connectivity index (χ4n) is 1.75. The molecule has 3 N–H and O–H groups in total. The summed E-state index contributed by atoms with van der Waals surface area (Å²) in [6.07, 6.45) is 2.06. The molecule has 116 valence electrons. The third-order valence-electron chi connectivity index (χ3n) is 3.03. The molecule has 22 heavy (non-hydrogen) atoms. The highest BCUT2D eigenvalue weighted by atomic mass is 32.2. The third-order valence-corrected chi connectivity index (χ3v) is 4.27. The molecule has 0 aliphatic carbocycles. The maximum Gasteiger partial charge on any atom is 0.276 e. The standard InChI is InChI=1S/C15H16N2O4S/c1-2-11-3-6-13(7-4-11)22(20,21)17-16-10-12-5-8-14(18)15(19)9-12/h3-10,17-19H,2H2,1H3/b16-10-. The lowest BCUT2D eigenvalue weighted by Gasteiger charge is -2.04. The molecule has 0 aliphatic rings. The molecule has 0 aliphatic heterocycles. The van der Waals surface area contributed by atoms with Crippen LogP contribution in [-0.2, 0) is 16.4 Å². The number of benzene rings is 2. The van der Waals surface area contributed by atoms with Gasteiger partial charge in [0.2, 0.25) is 0 Å². The Labute approximate surface area is 128 Å². The number of aryl methyl sites for hydroxylation is 1. The predicted molar refractivity (Wildman–Crippen MR) is 83.5 cm³/mol. The number of phenolic OH excluding ortho intramolecular Hbond substituents is 2. The topological polar surface area (TPSA) is 99.0 Å². The van der Waals surface area contributed by atoms with Crippen molar-refractivity contribution in [3.05, 3.63) is 53.6 Å². The van der Waals surface area contributed by atoms with E-state index in [-0.39, 0.29) is 16.4 Å². The minimum absolute atomic E-state index is 0.121. The smallest absolute Gasteiger partial charge is 0.276 e. The molecule has 6 nitrogen and oxygen atoms in total. The molecule has 2 rings (SSSR count). The highest BCUT2D eigenvalue weighted by Crippen LogP contribution is 2.24. The Balaban J connectivity index is 2.11. The summed E-state index contributed by atoms with van der Waals surface area (Å²) in [4.78, 5) is 2.21. The lowest BCUT2D eigenvalue weighted by molar-refractivity contribution is 0.403. The number of nitrogens with one attached hydrogen (secondary N) is 1. The van der Waals surface area contributed by atoms with Crippen molar-refractivity contribution in [2.45, 2.75) is 18.2 Å². The summed E-state index contributed by atoms with van der Waals surface area (Å²) in [7, 11) is -3.73. The summed E-state index contributed by atoms with van der Waals surface area (Å²) in [6, 6.07) is 10.6. The van der Waals surface area contributed by atoms with Crippen LogP contribution in [0.25, 0.3) is 0 Å². The zero-order valence-corrected chi connectivity index (χ0v) is 12.7. The largest absolute Gasteiger partial charge is 0.504 e. The van der Waals surface area contributed by atoms with Crippen LogP contribution in [0.3, 0.4) is 0 Å². The molecule has 0 saturated carbocycles. The molecule has 7 heteroatoms. The van der Waals surface area contributed by atoms with Gasteiger partial charge in [-0.1, -0.05) is 19.1 Å². The maximum atomic E-state index is 12.0. The Kier molecular flexibility index (Phi) is 4.67. The highest BCUT2D eigenvalue weighted by molar-refractivity contribution is 7.89. The highest BCUT2D eigenvalue weighted by Gasteiger charge is 2.12. The average Bonchev–Trinajstić information content (AvgIpc) is 2.51. The minimum Gasteiger partial charge on any atom is -0.504 e. The van der Waals surface area contributed by atoms with E-state index < -0.39 is 10.0 Å². The molecule has 0 heterocycles. The fourth-order valence-corrected chi connectivity index (χ4v) is 2.54. The molecule has 0 amide bonds. The number of hydrogen-bond acceptors (Lipinski definition) is 5. The summed E-state index contributed by atoms with van der Waals surface area (Å²) < 4.78 is 24.1. The average molecular weight is 320 g/mol. The molecule has 2 aromatic carbocycles. The van der Waals surface area contributed by atoms with Crippen LogP contribution in [0.5, 0.6) is 11.5 Å². The first-order valence-electron chi connectivity index (χ1n) is 6.58. The van der Waals surface area contributed by atoms with Crippen molar-refractivity contribution >= 4 is 16.2 Å². The number of hydrazone groups is 1. The number of phenols is 2. The molecular formula is C15H16N2O4S. The van der Waals surface area contributed by atoms with Crippen LogP contribution < -0.4 is 4.83 Å². The minimum atomic E-state index is -3.73. The van der Waals surface area contributed by atoms with Crippen molar-refractivity contribution < 1.29 is 18.6 Å². The van der Waals surface area contributed by atoms with E-state index in [1.165, 1.54) is 36.5 Å². The van der Waals surface area contributed by atoms with Gasteiger partial charge in [0.25, 0.3) is 10.0 Å². The monoisotopic (exact) mass is 320 g/mol. The van der Waals surface area contributed by atoms with Crippen LogP contribution in [0.4, 0.5) is 0 Å². The number of nitrogens with zero attached hydrogens (tertiary/aromatic N) is 1. The zero-order chi connectivity index (χ0) is 16.2. The number of sulfonamides is 1. The molecule has 0 bridgehead atoms. The Morgan fingerprint density at radius 1 is 1.09 bits per heavy atom. The second-order valence-electron chi connectivity index (χ2n) is 4.60. The summed E-state index contributed by atoms with van der Waals surface area (Å²) >= 11 is 0. The maximum absolute atomic E-state index is 12.0. The second-order valence-corrected chi connectivity index (χ2v) is 6.26. The quantitative estimate of drug-likeness (QED) is 0.445. The van der Waals surface area contributed by atoms with E-state index in [0.29, 0.717) is 5.56 Å². The predicted octanol–water partition coefficient (Wildman–Crippen LogP) is 1.97. The molecule has 0 aromatic heterocycles. The summed E-state index contributed by atoms with van der Waals surface area (Å²) in [6.45, 7) is 1.99. The first-order valence-corrected chi connectivity index (χ1v) is 8.06. The van der Waals surface area contributed by atoms with E-state index in [4.69, 9.17) is 0 Å². The first kappa shape index (κ1) is 15.8. The second kappa shape index (κ2) is 6.48. The van der Waals surface area contributed by atoms with Crippen LogP contribution in [-0.4, -0.2) is 24.8 Å². The molecule has 0 radical (unpaired) electrons. The van der Waals surface area contributed by atoms with E-state index in [2.05, 4.69) is 9.93 Å². The van der Waals surface area contributed by atoms with Gasteiger partial charge in [0, 0.05) is 0 Å². The normalized spacial score (nSPS) is 11.7. The zero-order valence-electron chi connectivity index (χ0n) is 11.9. The Morgan fingerprint density at radius 3 is 2.36 bits per heavy atom. The van der Waals surface area contributed by atoms with E-state index in [0.717, 1.165) is 12.0 Å². The van der Waals surface area contributed by atoms with Crippen molar-refractivity contribution in [3.63, 3.8) is 0 Å². The number of rotatable bonds is 5. The van der Waals surface area contributed by atoms with E-state index in [1.54, 1.807) is 12.1 Å². The van der Waals surface area contributed by atoms with Crippen LogP contribution in [0.1, 0.15) is 18.1 Å². The summed E-state index contributed by atoms with van der Waals surface area (Å²) in [5.41, 5.74) is 1.49. The van der Waals surface area contributed by atoms with Crippen LogP contribution in [0.15, 0.2) is 52.5 Å². The number of hydrogen-bond donors (Lipinski definition) is 3. The van der Waals surface area contributed by atoms with Crippen molar-refractivity contribution in [1.82, 2.24) is 4.83 Å². The Morgan fingerprint density at radius 2 is 1.77 bits per heavy atom. The summed E-state index contributed by atoms with van der Waals surface area (Å²) in [5, 5.41) is 22.2. The molecule has 0 unspecified atom stereocenters. The lowest BCUT2D eigenvalue weighted by atomic mass is 10.2. The first-order chi connectivity index (χ1) is 10.4. The molecule has 0 spiro atoms. The molecular weight excluding hydrogens is 304 g/mol. The number of aromatic hydroxyl groups is 2.